The lowest BCUT2D eigenvalue weighted by atomic mass is 10.2. The Labute approximate surface area is 88.8 Å². The van der Waals surface area contributed by atoms with E-state index in [4.69, 9.17) is 16.3 Å². The summed E-state index contributed by atoms with van der Waals surface area (Å²) in [5.41, 5.74) is -0.642. The minimum Gasteiger partial charge on any atom is -0.480 e. The summed E-state index contributed by atoms with van der Waals surface area (Å²) in [6.07, 6.45) is 5.07. The standard InChI is InChI=1S/C10H15NO4/c1-5-7(11-6-8(12)13)9(14)15-10(2,3)4/h1,7,11H,6H2,2-4H3,(H,12,13)/t7-/m0/s1. The van der Waals surface area contributed by atoms with Crippen molar-refractivity contribution in [2.75, 3.05) is 6.54 Å². The van der Waals surface area contributed by atoms with Gasteiger partial charge in [-0.3, -0.25) is 10.1 Å². The van der Waals surface area contributed by atoms with Crippen LogP contribution in [0, 0.1) is 12.3 Å². The Morgan fingerprint density at radius 2 is 2.07 bits per heavy atom. The molecule has 0 radical (unpaired) electrons. The van der Waals surface area contributed by atoms with Gasteiger partial charge in [-0.25, -0.2) is 4.79 Å². The minimum atomic E-state index is -1.08. The van der Waals surface area contributed by atoms with Gasteiger partial charge in [-0.1, -0.05) is 5.92 Å². The maximum absolute atomic E-state index is 11.4. The van der Waals surface area contributed by atoms with Crippen LogP contribution in [0.4, 0.5) is 0 Å². The van der Waals surface area contributed by atoms with Crippen molar-refractivity contribution in [3.05, 3.63) is 0 Å². The number of carboxylic acid groups (broad SMARTS) is 1. The van der Waals surface area contributed by atoms with Crippen molar-refractivity contribution in [1.82, 2.24) is 5.32 Å². The number of carbonyl (C=O) groups excluding carboxylic acids is 1. The largest absolute Gasteiger partial charge is 0.480 e. The summed E-state index contributed by atoms with van der Waals surface area (Å²) in [4.78, 5) is 21.6. The van der Waals surface area contributed by atoms with Gasteiger partial charge in [0.15, 0.2) is 6.04 Å². The second kappa shape index (κ2) is 5.37. The third kappa shape index (κ3) is 6.52. The molecule has 0 unspecified atom stereocenters. The van der Waals surface area contributed by atoms with Crippen LogP contribution in [-0.2, 0) is 14.3 Å². The predicted octanol–water partition coefficient (Wildman–Crippen LogP) is 0.00410. The van der Waals surface area contributed by atoms with Crippen molar-refractivity contribution in [3.8, 4) is 12.3 Å². The van der Waals surface area contributed by atoms with Gasteiger partial charge in [0.2, 0.25) is 0 Å². The van der Waals surface area contributed by atoms with E-state index < -0.39 is 23.6 Å². The molecule has 0 amide bonds. The van der Waals surface area contributed by atoms with E-state index in [1.165, 1.54) is 0 Å². The summed E-state index contributed by atoms with van der Waals surface area (Å²) in [5.74, 6) is 0.399. The Kier molecular flexibility index (Phi) is 4.82. The van der Waals surface area contributed by atoms with E-state index in [-0.39, 0.29) is 6.54 Å². The second-order valence-corrected chi connectivity index (χ2v) is 3.91. The Morgan fingerprint density at radius 3 is 2.40 bits per heavy atom. The number of terminal acetylenes is 1. The number of nitrogens with one attached hydrogen (secondary N) is 1. The molecule has 0 spiro atoms. The van der Waals surface area contributed by atoms with Crippen LogP contribution in [0.1, 0.15) is 20.8 Å². The minimum absolute atomic E-state index is 0.381. The second-order valence-electron chi connectivity index (χ2n) is 3.91. The highest BCUT2D eigenvalue weighted by molar-refractivity contribution is 5.80. The predicted molar refractivity (Wildman–Crippen MR) is 54.1 cm³/mol. The molecule has 0 aliphatic carbocycles. The van der Waals surface area contributed by atoms with Crippen LogP contribution in [0.3, 0.4) is 0 Å². The fourth-order valence-corrected chi connectivity index (χ4v) is 0.760. The molecule has 5 heteroatoms. The van der Waals surface area contributed by atoms with Crippen LogP contribution in [0.25, 0.3) is 0 Å². The number of ether oxygens (including phenoxy) is 1. The molecule has 1 atom stereocenters. The maximum atomic E-state index is 11.4. The molecule has 0 aromatic heterocycles. The number of hydrogen-bond donors (Lipinski definition) is 2. The van der Waals surface area contributed by atoms with E-state index in [9.17, 15) is 9.59 Å². The van der Waals surface area contributed by atoms with Crippen LogP contribution >= 0.6 is 0 Å². The van der Waals surface area contributed by atoms with Crippen molar-refractivity contribution in [2.24, 2.45) is 0 Å². The fourth-order valence-electron chi connectivity index (χ4n) is 0.760. The van der Waals surface area contributed by atoms with Crippen molar-refractivity contribution in [2.45, 2.75) is 32.4 Å². The van der Waals surface area contributed by atoms with Gasteiger partial charge in [0.25, 0.3) is 0 Å². The number of hydrogen-bond acceptors (Lipinski definition) is 4. The third-order valence-electron chi connectivity index (χ3n) is 1.27. The molecule has 0 rings (SSSR count). The fraction of sp³-hybridized carbons (Fsp3) is 0.600. The maximum Gasteiger partial charge on any atom is 0.336 e. The van der Waals surface area contributed by atoms with Gasteiger partial charge >= 0.3 is 11.9 Å². The average Bonchev–Trinajstić information content (AvgIpc) is 2.01. The van der Waals surface area contributed by atoms with Crippen LogP contribution in [0.2, 0.25) is 0 Å². The van der Waals surface area contributed by atoms with Gasteiger partial charge in [-0.15, -0.1) is 6.42 Å². The molecule has 15 heavy (non-hydrogen) atoms. The molecule has 0 aromatic rings. The molecule has 84 valence electrons. The monoisotopic (exact) mass is 213 g/mol. The molecular formula is C10H15NO4. The number of rotatable bonds is 4. The third-order valence-corrected chi connectivity index (χ3v) is 1.27. The highest BCUT2D eigenvalue weighted by atomic mass is 16.6. The molecule has 0 aliphatic heterocycles. The highest BCUT2D eigenvalue weighted by Crippen LogP contribution is 2.08. The first-order chi connectivity index (χ1) is 6.76. The van der Waals surface area contributed by atoms with E-state index in [0.29, 0.717) is 0 Å². The molecule has 0 aliphatic rings. The molecule has 2 N–H and O–H groups in total. The molecule has 0 bridgehead atoms. The van der Waals surface area contributed by atoms with Crippen LogP contribution in [0.15, 0.2) is 0 Å². The first-order valence-electron chi connectivity index (χ1n) is 4.40. The molecule has 0 aromatic carbocycles. The molecule has 0 fully saturated rings. The first-order valence-corrected chi connectivity index (χ1v) is 4.40. The highest BCUT2D eigenvalue weighted by Gasteiger charge is 2.23. The molecule has 0 saturated heterocycles. The molecule has 5 nitrogen and oxygen atoms in total. The van der Waals surface area contributed by atoms with Gasteiger partial charge in [-0.05, 0) is 20.8 Å². The van der Waals surface area contributed by atoms with Crippen molar-refractivity contribution in [1.29, 1.82) is 0 Å². The Hall–Kier alpha value is -1.54. The SMILES string of the molecule is C#C[C@H](NCC(=O)O)C(=O)OC(C)(C)C. The summed E-state index contributed by atoms with van der Waals surface area (Å²) >= 11 is 0. The summed E-state index contributed by atoms with van der Waals surface area (Å²) in [6, 6.07) is -1.03. The topological polar surface area (TPSA) is 75.6 Å². The lowest BCUT2D eigenvalue weighted by Crippen LogP contribution is -2.42. The van der Waals surface area contributed by atoms with E-state index in [1.54, 1.807) is 20.8 Å². The summed E-state index contributed by atoms with van der Waals surface area (Å²) in [7, 11) is 0. The Bertz CT molecular complexity index is 285. The Morgan fingerprint density at radius 1 is 1.53 bits per heavy atom. The van der Waals surface area contributed by atoms with Gasteiger partial charge in [-0.2, -0.15) is 0 Å². The zero-order valence-corrected chi connectivity index (χ0v) is 9.03. The van der Waals surface area contributed by atoms with Gasteiger partial charge in [0.05, 0.1) is 6.54 Å². The zero-order valence-electron chi connectivity index (χ0n) is 9.03. The summed E-state index contributed by atoms with van der Waals surface area (Å²) in [6.45, 7) is 4.73. The van der Waals surface area contributed by atoms with Crippen molar-refractivity contribution >= 4 is 11.9 Å². The van der Waals surface area contributed by atoms with Crippen molar-refractivity contribution in [3.63, 3.8) is 0 Å². The number of aliphatic carboxylic acids is 1. The van der Waals surface area contributed by atoms with Crippen LogP contribution in [0.5, 0.6) is 0 Å². The van der Waals surface area contributed by atoms with Gasteiger partial charge in [0.1, 0.15) is 5.60 Å². The summed E-state index contributed by atoms with van der Waals surface area (Å²) < 4.78 is 4.99. The molecule has 0 saturated carbocycles. The van der Waals surface area contributed by atoms with E-state index in [0.717, 1.165) is 0 Å². The zero-order chi connectivity index (χ0) is 12.1. The van der Waals surface area contributed by atoms with Gasteiger partial charge in [0, 0.05) is 0 Å². The quantitative estimate of drug-likeness (QED) is 0.508. The first kappa shape index (κ1) is 13.5. The molecule has 0 heterocycles. The number of esters is 1. The van der Waals surface area contributed by atoms with Gasteiger partial charge < -0.3 is 9.84 Å². The summed E-state index contributed by atoms with van der Waals surface area (Å²) in [5, 5.41) is 10.8. The van der Waals surface area contributed by atoms with E-state index >= 15 is 0 Å². The van der Waals surface area contributed by atoms with E-state index in [2.05, 4.69) is 11.2 Å². The lowest BCUT2D eigenvalue weighted by Gasteiger charge is -2.21. The normalized spacial score (nSPS) is 12.7. The Balaban J connectivity index is 4.25. The number of carboxylic acids is 1. The van der Waals surface area contributed by atoms with E-state index in [1.807, 2.05) is 0 Å². The van der Waals surface area contributed by atoms with Crippen LogP contribution in [-0.4, -0.2) is 35.2 Å². The average molecular weight is 213 g/mol. The van der Waals surface area contributed by atoms with Crippen LogP contribution < -0.4 is 5.32 Å². The molecular weight excluding hydrogens is 198 g/mol. The number of carbonyl (C=O) groups is 2. The lowest BCUT2D eigenvalue weighted by molar-refractivity contribution is -0.155. The smallest absolute Gasteiger partial charge is 0.336 e. The van der Waals surface area contributed by atoms with Crippen molar-refractivity contribution < 1.29 is 19.4 Å².